The van der Waals surface area contributed by atoms with Crippen molar-refractivity contribution in [3.05, 3.63) is 89.2 Å². The van der Waals surface area contributed by atoms with Crippen LogP contribution in [0, 0.1) is 0 Å². The van der Waals surface area contributed by atoms with Crippen molar-refractivity contribution < 1.29 is 13.6 Å². The molecule has 1 N–H and O–H groups in total. The van der Waals surface area contributed by atoms with Crippen molar-refractivity contribution >= 4 is 34.1 Å². The van der Waals surface area contributed by atoms with Gasteiger partial charge in [-0.25, -0.2) is 18.7 Å². The van der Waals surface area contributed by atoms with Crippen molar-refractivity contribution in [1.82, 2.24) is 9.97 Å². The Bertz CT molecular complexity index is 1240. The van der Waals surface area contributed by atoms with Crippen molar-refractivity contribution in [3.63, 3.8) is 0 Å². The summed E-state index contributed by atoms with van der Waals surface area (Å²) in [4.78, 5) is 21.4. The zero-order valence-corrected chi connectivity index (χ0v) is 16.6. The molecule has 2 aromatic carbocycles. The first-order chi connectivity index (χ1) is 14.3. The van der Waals surface area contributed by atoms with E-state index in [-0.39, 0.29) is 11.5 Å². The lowest BCUT2D eigenvalue weighted by Gasteiger charge is -2.12. The van der Waals surface area contributed by atoms with E-state index in [9.17, 15) is 13.6 Å². The maximum atomic E-state index is 13.7. The molecule has 0 radical (unpaired) electrons. The van der Waals surface area contributed by atoms with E-state index in [2.05, 4.69) is 15.3 Å². The molecular weight excluding hydrogens is 408 g/mol. The molecule has 0 unspecified atom stereocenters. The van der Waals surface area contributed by atoms with Gasteiger partial charge >= 0.3 is 0 Å². The standard InChI is InChI=1S/C23H16ClF2N3O/c1-23(25,26)16-6-2-5-15(12-16)19-10-8-14-4-3-7-18(21(14)29-19)22(30)28-17-9-11-20(24)27-13-17/h2-13H,1H3,(H,28,30). The molecule has 0 aliphatic carbocycles. The minimum Gasteiger partial charge on any atom is -0.321 e. The Balaban J connectivity index is 1.74. The number of fused-ring (bicyclic) bond motifs is 1. The topological polar surface area (TPSA) is 54.9 Å². The Morgan fingerprint density at radius 3 is 2.57 bits per heavy atom. The summed E-state index contributed by atoms with van der Waals surface area (Å²) >= 11 is 5.78. The monoisotopic (exact) mass is 423 g/mol. The average molecular weight is 424 g/mol. The molecule has 0 saturated heterocycles. The predicted octanol–water partition coefficient (Wildman–Crippen LogP) is 6.31. The number of pyridine rings is 2. The third-order valence-corrected chi connectivity index (χ3v) is 4.84. The van der Waals surface area contributed by atoms with Crippen LogP contribution in [0.25, 0.3) is 22.2 Å². The van der Waals surface area contributed by atoms with E-state index in [1.165, 1.54) is 18.3 Å². The van der Waals surface area contributed by atoms with Crippen LogP contribution in [0.4, 0.5) is 14.5 Å². The molecule has 150 valence electrons. The van der Waals surface area contributed by atoms with Crippen LogP contribution >= 0.6 is 11.6 Å². The van der Waals surface area contributed by atoms with Crippen molar-refractivity contribution in [2.24, 2.45) is 0 Å². The summed E-state index contributed by atoms with van der Waals surface area (Å²) in [7, 11) is 0. The van der Waals surface area contributed by atoms with E-state index in [0.717, 1.165) is 12.3 Å². The summed E-state index contributed by atoms with van der Waals surface area (Å²) in [5, 5.41) is 3.85. The van der Waals surface area contributed by atoms with Gasteiger partial charge in [-0.1, -0.05) is 48.0 Å². The number of nitrogens with one attached hydrogen (secondary N) is 1. The molecule has 30 heavy (non-hydrogen) atoms. The highest BCUT2D eigenvalue weighted by molar-refractivity contribution is 6.29. The maximum absolute atomic E-state index is 13.7. The summed E-state index contributed by atoms with van der Waals surface area (Å²) in [5.41, 5.74) is 2.29. The SMILES string of the molecule is CC(F)(F)c1cccc(-c2ccc3cccc(C(=O)Nc4ccc(Cl)nc4)c3n2)c1. The van der Waals surface area contributed by atoms with Crippen LogP contribution in [-0.4, -0.2) is 15.9 Å². The number of carbonyl (C=O) groups is 1. The quantitative estimate of drug-likeness (QED) is 0.391. The molecule has 0 aliphatic heterocycles. The number of alkyl halides is 2. The molecule has 7 heteroatoms. The first-order valence-corrected chi connectivity index (χ1v) is 9.50. The fraction of sp³-hybridized carbons (Fsp3) is 0.0870. The number of rotatable bonds is 4. The molecule has 0 bridgehead atoms. The van der Waals surface area contributed by atoms with Gasteiger partial charge in [-0.2, -0.15) is 0 Å². The van der Waals surface area contributed by atoms with E-state index in [1.807, 2.05) is 12.1 Å². The normalized spacial score (nSPS) is 11.5. The first kappa shape index (κ1) is 19.9. The number of anilines is 1. The van der Waals surface area contributed by atoms with Gasteiger partial charge in [0, 0.05) is 23.4 Å². The van der Waals surface area contributed by atoms with Crippen LogP contribution in [0.1, 0.15) is 22.8 Å². The minimum atomic E-state index is -2.95. The molecule has 4 rings (SSSR count). The van der Waals surface area contributed by atoms with Gasteiger partial charge < -0.3 is 5.32 Å². The zero-order chi connectivity index (χ0) is 21.3. The van der Waals surface area contributed by atoms with E-state index in [0.29, 0.717) is 33.2 Å². The van der Waals surface area contributed by atoms with Gasteiger partial charge in [-0.3, -0.25) is 4.79 Å². The van der Waals surface area contributed by atoms with Crippen LogP contribution < -0.4 is 5.32 Å². The molecule has 0 aliphatic rings. The van der Waals surface area contributed by atoms with Gasteiger partial charge in [0.25, 0.3) is 11.8 Å². The molecular formula is C23H16ClF2N3O. The average Bonchev–Trinajstić information content (AvgIpc) is 2.74. The number of para-hydroxylation sites is 1. The first-order valence-electron chi connectivity index (χ1n) is 9.13. The fourth-order valence-corrected chi connectivity index (χ4v) is 3.20. The number of benzene rings is 2. The van der Waals surface area contributed by atoms with Crippen LogP contribution in [0.15, 0.2) is 72.9 Å². The fourth-order valence-electron chi connectivity index (χ4n) is 3.09. The van der Waals surface area contributed by atoms with E-state index >= 15 is 0 Å². The smallest absolute Gasteiger partial charge is 0.270 e. The molecule has 2 heterocycles. The van der Waals surface area contributed by atoms with Crippen molar-refractivity contribution in [1.29, 1.82) is 0 Å². The lowest BCUT2D eigenvalue weighted by molar-refractivity contribution is 0.0175. The summed E-state index contributed by atoms with van der Waals surface area (Å²) in [6.07, 6.45) is 1.46. The Hall–Kier alpha value is -3.38. The highest BCUT2D eigenvalue weighted by Gasteiger charge is 2.24. The molecule has 4 nitrogen and oxygen atoms in total. The Kier molecular flexibility index (Phi) is 5.18. The lowest BCUT2D eigenvalue weighted by Crippen LogP contribution is -2.13. The molecule has 1 amide bonds. The van der Waals surface area contributed by atoms with Gasteiger partial charge in [0.1, 0.15) is 5.15 Å². The predicted molar refractivity (Wildman–Crippen MR) is 114 cm³/mol. The van der Waals surface area contributed by atoms with Crippen LogP contribution in [0.2, 0.25) is 5.15 Å². The summed E-state index contributed by atoms with van der Waals surface area (Å²) in [6, 6.07) is 18.1. The number of hydrogen-bond donors (Lipinski definition) is 1. The second-order valence-electron chi connectivity index (χ2n) is 6.87. The molecule has 4 aromatic rings. The third-order valence-electron chi connectivity index (χ3n) is 4.62. The number of aromatic nitrogens is 2. The van der Waals surface area contributed by atoms with E-state index in [4.69, 9.17) is 11.6 Å². The Morgan fingerprint density at radius 2 is 1.83 bits per heavy atom. The lowest BCUT2D eigenvalue weighted by atomic mass is 10.0. The number of nitrogens with zero attached hydrogens (tertiary/aromatic N) is 2. The van der Waals surface area contributed by atoms with Gasteiger partial charge in [-0.05, 0) is 30.3 Å². The Morgan fingerprint density at radius 1 is 1.03 bits per heavy atom. The summed E-state index contributed by atoms with van der Waals surface area (Å²) < 4.78 is 27.4. The van der Waals surface area contributed by atoms with Gasteiger partial charge in [0.05, 0.1) is 28.7 Å². The molecule has 2 aromatic heterocycles. The number of carbonyl (C=O) groups excluding carboxylic acids is 1. The van der Waals surface area contributed by atoms with E-state index in [1.54, 1.807) is 42.5 Å². The maximum Gasteiger partial charge on any atom is 0.270 e. The summed E-state index contributed by atoms with van der Waals surface area (Å²) in [5.74, 6) is -3.31. The number of hydrogen-bond acceptors (Lipinski definition) is 3. The van der Waals surface area contributed by atoms with Gasteiger partial charge in [0.2, 0.25) is 0 Å². The molecule has 0 saturated carbocycles. The molecule has 0 spiro atoms. The second-order valence-corrected chi connectivity index (χ2v) is 7.25. The third kappa shape index (κ3) is 4.14. The number of amides is 1. The zero-order valence-electron chi connectivity index (χ0n) is 15.9. The minimum absolute atomic E-state index is 0.0943. The highest BCUT2D eigenvalue weighted by atomic mass is 35.5. The van der Waals surface area contributed by atoms with Crippen molar-refractivity contribution in [2.45, 2.75) is 12.8 Å². The highest BCUT2D eigenvalue weighted by Crippen LogP contribution is 2.31. The number of halogens is 3. The summed E-state index contributed by atoms with van der Waals surface area (Å²) in [6.45, 7) is 0.855. The molecule has 0 fully saturated rings. The van der Waals surface area contributed by atoms with Crippen LogP contribution in [-0.2, 0) is 5.92 Å². The Labute approximate surface area is 176 Å². The van der Waals surface area contributed by atoms with Crippen LogP contribution in [0.5, 0.6) is 0 Å². The van der Waals surface area contributed by atoms with Crippen molar-refractivity contribution in [2.75, 3.05) is 5.32 Å². The largest absolute Gasteiger partial charge is 0.321 e. The van der Waals surface area contributed by atoms with Crippen LogP contribution in [0.3, 0.4) is 0 Å². The van der Waals surface area contributed by atoms with Crippen molar-refractivity contribution in [3.8, 4) is 11.3 Å². The van der Waals surface area contributed by atoms with E-state index < -0.39 is 5.92 Å². The van der Waals surface area contributed by atoms with Gasteiger partial charge in [0.15, 0.2) is 0 Å². The molecule has 0 atom stereocenters. The second kappa shape index (κ2) is 7.80. The van der Waals surface area contributed by atoms with Gasteiger partial charge in [-0.15, -0.1) is 0 Å².